The van der Waals surface area contributed by atoms with E-state index in [0.29, 0.717) is 16.5 Å². The fourth-order valence-corrected chi connectivity index (χ4v) is 2.33. The molecule has 0 saturated carbocycles. The highest BCUT2D eigenvalue weighted by atomic mass is 35.5. The van der Waals surface area contributed by atoms with Crippen molar-refractivity contribution in [2.75, 3.05) is 5.32 Å². The average Bonchev–Trinajstić information content (AvgIpc) is 3.02. The highest BCUT2D eigenvalue weighted by molar-refractivity contribution is 6.30. The summed E-state index contributed by atoms with van der Waals surface area (Å²) in [5.74, 6) is 1.19. The topological polar surface area (TPSA) is 77.2 Å². The van der Waals surface area contributed by atoms with Gasteiger partial charge >= 0.3 is 0 Å². The highest BCUT2D eigenvalue weighted by Crippen LogP contribution is 2.18. The Kier molecular flexibility index (Phi) is 5.00. The van der Waals surface area contributed by atoms with Crippen molar-refractivity contribution in [3.63, 3.8) is 0 Å². The monoisotopic (exact) mass is 357 g/mol. The smallest absolute Gasteiger partial charge is 0.293 e. The fourth-order valence-electron chi connectivity index (χ4n) is 2.21. The van der Waals surface area contributed by atoms with Crippen LogP contribution in [0.2, 0.25) is 5.02 Å². The minimum atomic E-state index is -0.414. The van der Waals surface area contributed by atoms with E-state index in [1.54, 1.807) is 36.4 Å². The van der Waals surface area contributed by atoms with E-state index < -0.39 is 5.91 Å². The van der Waals surface area contributed by atoms with Crippen LogP contribution < -0.4 is 10.1 Å². The summed E-state index contributed by atoms with van der Waals surface area (Å²) < 4.78 is 11.1. The molecule has 7 heteroatoms. The standard InChI is InChI=1S/C18H16ClN3O3/c1-11-9-12(2)21-18(20-11)22-17(23)16-8-7-15(25-16)10-24-14-5-3-13(19)4-6-14/h3-9H,10H2,1-2H3,(H,20,21,22,23). The van der Waals surface area contributed by atoms with Crippen LogP contribution in [0, 0.1) is 13.8 Å². The third-order valence-corrected chi connectivity index (χ3v) is 3.54. The zero-order chi connectivity index (χ0) is 17.8. The lowest BCUT2D eigenvalue weighted by molar-refractivity contribution is 0.0991. The number of ether oxygens (including phenoxy) is 1. The number of anilines is 1. The summed E-state index contributed by atoms with van der Waals surface area (Å²) in [5, 5.41) is 3.26. The maximum absolute atomic E-state index is 12.2. The van der Waals surface area contributed by atoms with Gasteiger partial charge < -0.3 is 9.15 Å². The van der Waals surface area contributed by atoms with Crippen molar-refractivity contribution in [1.82, 2.24) is 9.97 Å². The van der Waals surface area contributed by atoms with Crippen LogP contribution >= 0.6 is 11.6 Å². The summed E-state index contributed by atoms with van der Waals surface area (Å²) >= 11 is 5.82. The molecule has 1 aromatic carbocycles. The number of carbonyl (C=O) groups is 1. The third kappa shape index (κ3) is 4.58. The van der Waals surface area contributed by atoms with Crippen molar-refractivity contribution in [2.45, 2.75) is 20.5 Å². The van der Waals surface area contributed by atoms with E-state index in [4.69, 9.17) is 20.8 Å². The maximum atomic E-state index is 12.2. The summed E-state index contributed by atoms with van der Waals surface area (Å²) in [6, 6.07) is 12.1. The van der Waals surface area contributed by atoms with Gasteiger partial charge in [0.05, 0.1) is 0 Å². The number of benzene rings is 1. The van der Waals surface area contributed by atoms with Crippen molar-refractivity contribution in [1.29, 1.82) is 0 Å². The van der Waals surface area contributed by atoms with Crippen LogP contribution in [-0.4, -0.2) is 15.9 Å². The number of nitrogens with one attached hydrogen (secondary N) is 1. The summed E-state index contributed by atoms with van der Waals surface area (Å²) in [4.78, 5) is 20.6. The summed E-state index contributed by atoms with van der Waals surface area (Å²) in [7, 11) is 0. The van der Waals surface area contributed by atoms with Crippen molar-refractivity contribution in [3.05, 3.63) is 70.4 Å². The lowest BCUT2D eigenvalue weighted by Gasteiger charge is -2.05. The van der Waals surface area contributed by atoms with Gasteiger partial charge in [-0.25, -0.2) is 9.97 Å². The minimum Gasteiger partial charge on any atom is -0.486 e. The lowest BCUT2D eigenvalue weighted by atomic mass is 10.3. The van der Waals surface area contributed by atoms with Gasteiger partial charge in [-0.1, -0.05) is 11.6 Å². The Bertz CT molecular complexity index is 871. The molecule has 0 spiro atoms. The molecule has 6 nitrogen and oxygen atoms in total. The van der Waals surface area contributed by atoms with Gasteiger partial charge in [-0.3, -0.25) is 10.1 Å². The average molecular weight is 358 g/mol. The number of hydrogen-bond donors (Lipinski definition) is 1. The van der Waals surface area contributed by atoms with E-state index in [1.165, 1.54) is 0 Å². The molecule has 0 atom stereocenters. The molecule has 0 aliphatic heterocycles. The van der Waals surface area contributed by atoms with Crippen LogP contribution in [-0.2, 0) is 6.61 Å². The quantitative estimate of drug-likeness (QED) is 0.741. The van der Waals surface area contributed by atoms with Gasteiger partial charge in [0, 0.05) is 16.4 Å². The van der Waals surface area contributed by atoms with Crippen LogP contribution in [0.15, 0.2) is 46.9 Å². The number of aryl methyl sites for hydroxylation is 2. The first-order valence-electron chi connectivity index (χ1n) is 7.60. The van der Waals surface area contributed by atoms with Crippen molar-refractivity contribution in [2.24, 2.45) is 0 Å². The van der Waals surface area contributed by atoms with E-state index in [-0.39, 0.29) is 18.3 Å². The molecule has 0 aliphatic rings. The minimum absolute atomic E-state index is 0.164. The van der Waals surface area contributed by atoms with Crippen LogP contribution in [0.5, 0.6) is 5.75 Å². The van der Waals surface area contributed by atoms with Gasteiger partial charge in [-0.15, -0.1) is 0 Å². The molecular formula is C18H16ClN3O3. The summed E-state index contributed by atoms with van der Waals surface area (Å²) in [6.45, 7) is 3.88. The number of rotatable bonds is 5. The molecule has 0 fully saturated rings. The second-order valence-corrected chi connectivity index (χ2v) is 5.87. The Morgan fingerprint density at radius 3 is 2.48 bits per heavy atom. The Hall–Kier alpha value is -2.86. The van der Waals surface area contributed by atoms with Crippen LogP contribution in [0.4, 0.5) is 5.95 Å². The highest BCUT2D eigenvalue weighted by Gasteiger charge is 2.13. The zero-order valence-corrected chi connectivity index (χ0v) is 14.5. The number of halogens is 1. The van der Waals surface area contributed by atoms with Crippen LogP contribution in [0.25, 0.3) is 0 Å². The number of furan rings is 1. The molecule has 1 amide bonds. The van der Waals surface area contributed by atoms with E-state index in [2.05, 4.69) is 15.3 Å². The van der Waals surface area contributed by atoms with Gasteiger partial charge in [0.15, 0.2) is 5.76 Å². The molecule has 0 bridgehead atoms. The Balaban J connectivity index is 1.62. The molecule has 0 unspecified atom stereocenters. The molecular weight excluding hydrogens is 342 g/mol. The largest absolute Gasteiger partial charge is 0.486 e. The SMILES string of the molecule is Cc1cc(C)nc(NC(=O)c2ccc(COc3ccc(Cl)cc3)o2)n1. The third-order valence-electron chi connectivity index (χ3n) is 3.29. The normalized spacial score (nSPS) is 10.5. The summed E-state index contributed by atoms with van der Waals surface area (Å²) in [5.41, 5.74) is 1.55. The lowest BCUT2D eigenvalue weighted by Crippen LogP contribution is -2.14. The van der Waals surface area contributed by atoms with Gasteiger partial charge in [-0.05, 0) is 56.3 Å². The first-order valence-corrected chi connectivity index (χ1v) is 7.98. The predicted molar refractivity (Wildman–Crippen MR) is 94.0 cm³/mol. The molecule has 128 valence electrons. The van der Waals surface area contributed by atoms with Crippen molar-refractivity contribution >= 4 is 23.5 Å². The van der Waals surface area contributed by atoms with Gasteiger partial charge in [0.1, 0.15) is 18.1 Å². The second kappa shape index (κ2) is 7.36. The number of amides is 1. The Morgan fingerprint density at radius 1 is 1.12 bits per heavy atom. The number of nitrogens with zero attached hydrogens (tertiary/aromatic N) is 2. The molecule has 0 saturated heterocycles. The van der Waals surface area contributed by atoms with E-state index >= 15 is 0 Å². The molecule has 3 aromatic rings. The van der Waals surface area contributed by atoms with E-state index in [9.17, 15) is 4.79 Å². The first-order chi connectivity index (χ1) is 12.0. The van der Waals surface area contributed by atoms with Gasteiger partial charge in [0.25, 0.3) is 5.91 Å². The molecule has 1 N–H and O–H groups in total. The number of aromatic nitrogens is 2. The Morgan fingerprint density at radius 2 is 1.80 bits per heavy atom. The Labute approximate surface area is 149 Å². The molecule has 3 rings (SSSR count). The van der Waals surface area contributed by atoms with Crippen molar-refractivity contribution < 1.29 is 13.9 Å². The van der Waals surface area contributed by atoms with Crippen molar-refractivity contribution in [3.8, 4) is 5.75 Å². The van der Waals surface area contributed by atoms with E-state index in [1.807, 2.05) is 19.9 Å². The zero-order valence-electron chi connectivity index (χ0n) is 13.7. The maximum Gasteiger partial charge on any atom is 0.293 e. The van der Waals surface area contributed by atoms with Gasteiger partial charge in [0.2, 0.25) is 5.95 Å². The predicted octanol–water partition coefficient (Wildman–Crippen LogP) is 4.17. The molecule has 25 heavy (non-hydrogen) atoms. The molecule has 0 aliphatic carbocycles. The van der Waals surface area contributed by atoms with Crippen LogP contribution in [0.3, 0.4) is 0 Å². The molecule has 2 heterocycles. The number of hydrogen-bond acceptors (Lipinski definition) is 5. The van der Waals surface area contributed by atoms with Crippen LogP contribution in [0.1, 0.15) is 27.7 Å². The fraction of sp³-hybridized carbons (Fsp3) is 0.167. The summed E-state index contributed by atoms with van der Waals surface area (Å²) in [6.07, 6.45) is 0. The number of carbonyl (C=O) groups excluding carboxylic acids is 1. The van der Waals surface area contributed by atoms with E-state index in [0.717, 1.165) is 11.4 Å². The van der Waals surface area contributed by atoms with Gasteiger partial charge in [-0.2, -0.15) is 0 Å². The molecule has 0 radical (unpaired) electrons. The second-order valence-electron chi connectivity index (χ2n) is 5.44. The molecule has 2 aromatic heterocycles. The first kappa shape index (κ1) is 17.0.